The number of aryl methyl sites for hydroxylation is 1. The van der Waals surface area contributed by atoms with Crippen LogP contribution in [0, 0.1) is 30.3 Å². The second-order valence-corrected chi connectivity index (χ2v) is 9.53. The van der Waals surface area contributed by atoms with Gasteiger partial charge in [0.25, 0.3) is 0 Å². The van der Waals surface area contributed by atoms with Crippen molar-refractivity contribution >= 4 is 0 Å². The molecule has 2 nitrogen and oxygen atoms in total. The molecule has 3 aromatic carbocycles. The van der Waals surface area contributed by atoms with E-state index in [-0.39, 0.29) is 29.0 Å². The summed E-state index contributed by atoms with van der Waals surface area (Å²) >= 11 is 0. The van der Waals surface area contributed by atoms with Crippen LogP contribution in [0.15, 0.2) is 54.6 Å². The second kappa shape index (κ2) is 11.7. The highest BCUT2D eigenvalue weighted by atomic mass is 19.2. The molecule has 1 saturated carbocycles. The molecule has 0 spiro atoms. The first-order chi connectivity index (χ1) is 17.0. The van der Waals surface area contributed by atoms with Crippen LogP contribution < -0.4 is 9.47 Å². The molecule has 0 atom stereocenters. The lowest BCUT2D eigenvalue weighted by molar-refractivity contribution is 0.192. The molecule has 1 fully saturated rings. The molecule has 0 saturated heterocycles. The molecule has 5 heteroatoms. The quantitative estimate of drug-likeness (QED) is 0.284. The smallest absolute Gasteiger partial charge is 0.201 e. The molecule has 4 rings (SSSR count). The van der Waals surface area contributed by atoms with Crippen LogP contribution in [-0.4, -0.2) is 13.2 Å². The Morgan fingerprint density at radius 1 is 0.800 bits per heavy atom. The fraction of sp³-hybridized carbons (Fsp3) is 0.400. The van der Waals surface area contributed by atoms with Gasteiger partial charge in [0.15, 0.2) is 23.1 Å². The topological polar surface area (TPSA) is 18.5 Å². The van der Waals surface area contributed by atoms with E-state index in [4.69, 9.17) is 9.47 Å². The highest BCUT2D eigenvalue weighted by Crippen LogP contribution is 2.38. The van der Waals surface area contributed by atoms with Crippen molar-refractivity contribution in [2.45, 2.75) is 58.3 Å². The summed E-state index contributed by atoms with van der Waals surface area (Å²) in [6.07, 6.45) is 5.52. The molecule has 0 radical (unpaired) electrons. The lowest BCUT2D eigenvalue weighted by Crippen LogP contribution is -2.19. The Kier molecular flexibility index (Phi) is 8.37. The van der Waals surface area contributed by atoms with Crippen LogP contribution >= 0.6 is 0 Å². The summed E-state index contributed by atoms with van der Waals surface area (Å²) in [5, 5.41) is 0. The highest BCUT2D eigenvalue weighted by molar-refractivity contribution is 5.65. The fourth-order valence-corrected chi connectivity index (χ4v) is 4.68. The van der Waals surface area contributed by atoms with Crippen molar-refractivity contribution in [3.8, 4) is 22.6 Å². The molecule has 1 aliphatic rings. The van der Waals surface area contributed by atoms with Gasteiger partial charge in [-0.05, 0) is 86.3 Å². The van der Waals surface area contributed by atoms with Crippen molar-refractivity contribution in [2.75, 3.05) is 13.2 Å². The van der Waals surface area contributed by atoms with E-state index in [0.717, 1.165) is 49.7 Å². The molecule has 0 aliphatic heterocycles. The zero-order valence-corrected chi connectivity index (χ0v) is 20.5. The van der Waals surface area contributed by atoms with Gasteiger partial charge in [-0.1, -0.05) is 49.2 Å². The van der Waals surface area contributed by atoms with Gasteiger partial charge < -0.3 is 9.47 Å². The maximum absolute atomic E-state index is 14.7. The monoisotopic (exact) mass is 482 g/mol. The zero-order chi connectivity index (χ0) is 24.8. The van der Waals surface area contributed by atoms with E-state index in [2.05, 4.69) is 6.92 Å². The first kappa shape index (κ1) is 25.2. The van der Waals surface area contributed by atoms with Crippen molar-refractivity contribution in [1.29, 1.82) is 0 Å². The van der Waals surface area contributed by atoms with E-state index in [1.807, 2.05) is 25.1 Å². The molecule has 0 aromatic heterocycles. The number of ether oxygens (including phenoxy) is 2. The van der Waals surface area contributed by atoms with Crippen LogP contribution in [-0.2, 0) is 0 Å². The molecular weight excluding hydrogens is 449 g/mol. The maximum atomic E-state index is 14.7. The van der Waals surface area contributed by atoms with Crippen LogP contribution in [0.4, 0.5) is 13.2 Å². The maximum Gasteiger partial charge on any atom is 0.201 e. The summed E-state index contributed by atoms with van der Waals surface area (Å²) in [5.41, 5.74) is 2.91. The molecule has 0 heterocycles. The van der Waals surface area contributed by atoms with Gasteiger partial charge in [-0.25, -0.2) is 8.78 Å². The lowest BCUT2D eigenvalue weighted by atomic mass is 9.79. The van der Waals surface area contributed by atoms with Crippen molar-refractivity contribution in [1.82, 2.24) is 0 Å². The minimum absolute atomic E-state index is 0.0544. The van der Waals surface area contributed by atoms with Crippen LogP contribution in [0.25, 0.3) is 11.1 Å². The first-order valence-corrected chi connectivity index (χ1v) is 12.6. The zero-order valence-electron chi connectivity index (χ0n) is 20.5. The third-order valence-corrected chi connectivity index (χ3v) is 6.91. The van der Waals surface area contributed by atoms with Crippen LogP contribution in [0.3, 0.4) is 0 Å². The van der Waals surface area contributed by atoms with Crippen molar-refractivity contribution in [3.63, 3.8) is 0 Å². The molecule has 0 N–H and O–H groups in total. The van der Waals surface area contributed by atoms with Gasteiger partial charge in [-0.3, -0.25) is 0 Å². The first-order valence-electron chi connectivity index (χ1n) is 12.6. The number of rotatable bonds is 9. The SMILES string of the molecule is CCCCOc1ccc(C2CCC(COc3ccc(-c4ccc(C)cc4)c(F)c3F)CC2)cc1F. The predicted molar refractivity (Wildman–Crippen MR) is 134 cm³/mol. The van der Waals surface area contributed by atoms with Gasteiger partial charge in [0.1, 0.15) is 0 Å². The summed E-state index contributed by atoms with van der Waals surface area (Å²) in [6.45, 7) is 4.88. The Bertz CT molecular complexity index is 1120. The standard InChI is InChI=1S/C30H33F3O2/c1-3-4-17-34-27-15-13-24(18-26(27)31)22-11-7-21(8-12-22)19-35-28-16-14-25(29(32)30(28)33)23-9-5-20(2)6-10-23/h5-6,9-10,13-16,18,21-22H,3-4,7-8,11-12,17,19H2,1-2H3. The van der Waals surface area contributed by atoms with E-state index in [1.54, 1.807) is 30.3 Å². The Labute approximate surface area is 206 Å². The van der Waals surface area contributed by atoms with Crippen LogP contribution in [0.2, 0.25) is 0 Å². The molecule has 35 heavy (non-hydrogen) atoms. The largest absolute Gasteiger partial charge is 0.491 e. The number of benzene rings is 3. The Morgan fingerprint density at radius 3 is 2.20 bits per heavy atom. The van der Waals surface area contributed by atoms with Gasteiger partial charge in [-0.15, -0.1) is 0 Å². The second-order valence-electron chi connectivity index (χ2n) is 9.53. The van der Waals surface area contributed by atoms with Gasteiger partial charge in [0.2, 0.25) is 5.82 Å². The molecular formula is C30H33F3O2. The van der Waals surface area contributed by atoms with E-state index in [0.29, 0.717) is 24.5 Å². The Morgan fingerprint density at radius 2 is 1.51 bits per heavy atom. The van der Waals surface area contributed by atoms with E-state index < -0.39 is 11.6 Å². The van der Waals surface area contributed by atoms with Crippen molar-refractivity contribution in [3.05, 3.63) is 83.2 Å². The lowest BCUT2D eigenvalue weighted by Gasteiger charge is -2.29. The fourth-order valence-electron chi connectivity index (χ4n) is 4.68. The van der Waals surface area contributed by atoms with Crippen molar-refractivity contribution in [2.24, 2.45) is 5.92 Å². The van der Waals surface area contributed by atoms with Gasteiger partial charge in [0.05, 0.1) is 13.2 Å². The number of halogens is 3. The minimum atomic E-state index is -0.950. The van der Waals surface area contributed by atoms with Crippen molar-refractivity contribution < 1.29 is 22.6 Å². The Hall–Kier alpha value is -2.95. The molecule has 186 valence electrons. The summed E-state index contributed by atoms with van der Waals surface area (Å²) in [7, 11) is 0. The highest BCUT2D eigenvalue weighted by Gasteiger charge is 2.24. The third kappa shape index (κ3) is 6.19. The van der Waals surface area contributed by atoms with Crippen LogP contribution in [0.5, 0.6) is 11.5 Å². The predicted octanol–water partition coefficient (Wildman–Crippen LogP) is 8.61. The van der Waals surface area contributed by atoms with Gasteiger partial charge in [0, 0.05) is 5.56 Å². The molecule has 0 unspecified atom stereocenters. The molecule has 0 bridgehead atoms. The average molecular weight is 483 g/mol. The Balaban J connectivity index is 1.31. The number of hydrogen-bond acceptors (Lipinski definition) is 2. The minimum Gasteiger partial charge on any atom is -0.491 e. The van der Waals surface area contributed by atoms with E-state index in [9.17, 15) is 13.2 Å². The third-order valence-electron chi connectivity index (χ3n) is 6.91. The van der Waals surface area contributed by atoms with E-state index in [1.165, 1.54) is 6.07 Å². The molecule has 1 aliphatic carbocycles. The van der Waals surface area contributed by atoms with E-state index >= 15 is 0 Å². The summed E-state index contributed by atoms with van der Waals surface area (Å²) in [6, 6.07) is 15.7. The van der Waals surface area contributed by atoms with Crippen LogP contribution in [0.1, 0.15) is 62.5 Å². The number of hydrogen-bond donors (Lipinski definition) is 0. The molecule has 0 amide bonds. The average Bonchev–Trinajstić information content (AvgIpc) is 2.87. The summed E-state index contributed by atoms with van der Waals surface area (Å²) < 4.78 is 55.0. The number of unbranched alkanes of at least 4 members (excludes halogenated alkanes) is 1. The van der Waals surface area contributed by atoms with Gasteiger partial charge >= 0.3 is 0 Å². The molecule has 3 aromatic rings. The normalized spacial score (nSPS) is 17.9. The summed E-state index contributed by atoms with van der Waals surface area (Å²) in [5.74, 6) is -1.35. The summed E-state index contributed by atoms with van der Waals surface area (Å²) in [4.78, 5) is 0. The van der Waals surface area contributed by atoms with Gasteiger partial charge in [-0.2, -0.15) is 4.39 Å².